The van der Waals surface area contributed by atoms with Crippen molar-refractivity contribution in [2.75, 3.05) is 24.9 Å². The maximum Gasteiger partial charge on any atom is 0.272 e. The van der Waals surface area contributed by atoms with Gasteiger partial charge in [0.25, 0.3) is 11.8 Å². The maximum absolute atomic E-state index is 13.8. The first-order chi connectivity index (χ1) is 25.8. The summed E-state index contributed by atoms with van der Waals surface area (Å²) >= 11 is 4.80. The summed E-state index contributed by atoms with van der Waals surface area (Å²) in [5.74, 6) is 0.813. The lowest BCUT2D eigenvalue weighted by atomic mass is 10.1. The molecule has 0 aliphatic rings. The molecular formula is C42H34BrN3O6S. The molecular weight excluding hydrogens is 754 g/mol. The van der Waals surface area contributed by atoms with Crippen LogP contribution < -0.4 is 25.4 Å². The van der Waals surface area contributed by atoms with E-state index in [2.05, 4.69) is 31.9 Å². The van der Waals surface area contributed by atoms with E-state index in [-0.39, 0.29) is 11.6 Å². The number of methoxy groups -OCH3 is 2. The molecule has 0 aliphatic carbocycles. The minimum atomic E-state index is -0.620. The van der Waals surface area contributed by atoms with Gasteiger partial charge in [-0.3, -0.25) is 14.4 Å². The highest BCUT2D eigenvalue weighted by Gasteiger charge is 2.24. The van der Waals surface area contributed by atoms with E-state index in [1.54, 1.807) is 79.9 Å². The normalized spacial score (nSPS) is 11.6. The maximum atomic E-state index is 13.8. The number of carbonyl (C=O) groups excluding carboxylic acids is 3. The number of rotatable bonds is 13. The van der Waals surface area contributed by atoms with Crippen molar-refractivity contribution in [1.82, 2.24) is 5.32 Å². The van der Waals surface area contributed by atoms with Crippen LogP contribution in [0, 0.1) is 0 Å². The predicted octanol–water partition coefficient (Wildman–Crippen LogP) is 9.61. The molecule has 266 valence electrons. The van der Waals surface area contributed by atoms with Crippen LogP contribution in [-0.2, 0) is 9.59 Å². The quantitative estimate of drug-likeness (QED) is 0.0788. The Hall–Kier alpha value is -6.04. The van der Waals surface area contributed by atoms with E-state index < -0.39 is 17.1 Å². The summed E-state index contributed by atoms with van der Waals surface area (Å²) in [6.07, 6.45) is 1.49. The Morgan fingerprint density at radius 2 is 1.45 bits per heavy atom. The highest BCUT2D eigenvalue weighted by atomic mass is 79.9. The van der Waals surface area contributed by atoms with E-state index >= 15 is 0 Å². The van der Waals surface area contributed by atoms with Crippen LogP contribution in [0.5, 0.6) is 11.5 Å². The van der Waals surface area contributed by atoms with Crippen molar-refractivity contribution in [3.05, 3.63) is 167 Å². The molecule has 1 unspecified atom stereocenters. The van der Waals surface area contributed by atoms with Crippen molar-refractivity contribution in [2.24, 2.45) is 0 Å². The van der Waals surface area contributed by atoms with Gasteiger partial charge in [-0.2, -0.15) is 0 Å². The molecule has 0 bridgehead atoms. The number of ether oxygens (including phenoxy) is 2. The van der Waals surface area contributed by atoms with Crippen molar-refractivity contribution >= 4 is 62.9 Å². The Morgan fingerprint density at radius 3 is 2.13 bits per heavy atom. The molecule has 3 N–H and O–H groups in total. The Kier molecular flexibility index (Phi) is 12.1. The molecule has 1 aromatic heterocycles. The molecule has 5 aromatic carbocycles. The summed E-state index contributed by atoms with van der Waals surface area (Å²) in [4.78, 5) is 41.4. The van der Waals surface area contributed by atoms with Gasteiger partial charge >= 0.3 is 0 Å². The monoisotopic (exact) mass is 787 g/mol. The molecule has 0 fully saturated rings. The van der Waals surface area contributed by atoms with Crippen LogP contribution in [0.15, 0.2) is 159 Å². The third-order valence-corrected chi connectivity index (χ3v) is 9.74. The van der Waals surface area contributed by atoms with Gasteiger partial charge in [-0.05, 0) is 78.4 Å². The smallest absolute Gasteiger partial charge is 0.272 e. The fraction of sp³-hybridized carbons (Fsp3) is 0.0714. The van der Waals surface area contributed by atoms with Gasteiger partial charge in [0, 0.05) is 38.3 Å². The van der Waals surface area contributed by atoms with Gasteiger partial charge in [0.2, 0.25) is 5.91 Å². The Balaban J connectivity index is 1.21. The number of furan rings is 1. The summed E-state index contributed by atoms with van der Waals surface area (Å²) in [7, 11) is 3.09. The topological polar surface area (TPSA) is 119 Å². The lowest BCUT2D eigenvalue weighted by Gasteiger charge is -2.19. The van der Waals surface area contributed by atoms with Crippen LogP contribution >= 0.6 is 27.7 Å². The zero-order valence-electron chi connectivity index (χ0n) is 28.7. The molecule has 1 heterocycles. The van der Waals surface area contributed by atoms with Gasteiger partial charge in [-0.25, -0.2) is 0 Å². The average Bonchev–Trinajstić information content (AvgIpc) is 3.66. The molecule has 3 amide bonds. The third-order valence-electron chi connectivity index (χ3n) is 7.94. The predicted molar refractivity (Wildman–Crippen MR) is 212 cm³/mol. The minimum absolute atomic E-state index is 0.0113. The van der Waals surface area contributed by atoms with Gasteiger partial charge in [0.05, 0.1) is 19.9 Å². The fourth-order valence-electron chi connectivity index (χ4n) is 5.25. The summed E-state index contributed by atoms with van der Waals surface area (Å²) in [6.45, 7) is 0. The van der Waals surface area contributed by atoms with Gasteiger partial charge in [-0.15, -0.1) is 11.8 Å². The van der Waals surface area contributed by atoms with Crippen molar-refractivity contribution in [1.29, 1.82) is 0 Å². The molecule has 1 atom stereocenters. The van der Waals surface area contributed by atoms with Crippen molar-refractivity contribution in [3.8, 4) is 22.8 Å². The zero-order chi connectivity index (χ0) is 37.2. The van der Waals surface area contributed by atoms with Crippen molar-refractivity contribution in [3.63, 3.8) is 0 Å². The number of hydrogen-bond acceptors (Lipinski definition) is 7. The fourth-order valence-corrected chi connectivity index (χ4v) is 6.54. The van der Waals surface area contributed by atoms with E-state index in [0.717, 1.165) is 20.5 Å². The average molecular weight is 789 g/mol. The van der Waals surface area contributed by atoms with Crippen LogP contribution in [0.3, 0.4) is 0 Å². The second-order valence-corrected chi connectivity index (χ2v) is 13.6. The van der Waals surface area contributed by atoms with E-state index in [4.69, 9.17) is 13.9 Å². The van der Waals surface area contributed by atoms with Gasteiger partial charge < -0.3 is 29.8 Å². The highest BCUT2D eigenvalue weighted by Crippen LogP contribution is 2.38. The number of hydrogen-bond donors (Lipinski definition) is 3. The molecule has 6 aromatic rings. The van der Waals surface area contributed by atoms with Gasteiger partial charge in [-0.1, -0.05) is 76.6 Å². The van der Waals surface area contributed by atoms with E-state index in [0.29, 0.717) is 40.0 Å². The van der Waals surface area contributed by atoms with Crippen LogP contribution in [0.25, 0.3) is 17.4 Å². The Morgan fingerprint density at radius 1 is 0.755 bits per heavy atom. The molecule has 0 saturated carbocycles. The first-order valence-corrected chi connectivity index (χ1v) is 18.1. The van der Waals surface area contributed by atoms with E-state index in [1.807, 2.05) is 66.7 Å². The lowest BCUT2D eigenvalue weighted by molar-refractivity contribution is -0.116. The van der Waals surface area contributed by atoms with Crippen molar-refractivity contribution in [2.45, 2.75) is 10.1 Å². The largest absolute Gasteiger partial charge is 0.497 e. The van der Waals surface area contributed by atoms with E-state index in [1.165, 1.54) is 24.9 Å². The standard InChI is InChI=1S/C42H34BrN3O6S/c1-50-32-19-24-38(51-2)35(25-32)45-42(49)39(28-9-5-3-6-10-28)53-34-21-17-31(18-22-34)44-41(48)36(46-40(47)29-11-7-4-8-12-29)26-33-20-23-37(52-33)27-13-15-30(43)16-14-27/h3-26,39H,1-2H3,(H,44,48)(H,45,49)(H,46,47). The Bertz CT molecular complexity index is 2220. The molecule has 0 spiro atoms. The van der Waals surface area contributed by atoms with Crippen LogP contribution in [0.2, 0.25) is 0 Å². The minimum Gasteiger partial charge on any atom is -0.497 e. The van der Waals surface area contributed by atoms with Gasteiger partial charge in [0.1, 0.15) is 34.0 Å². The van der Waals surface area contributed by atoms with Gasteiger partial charge in [0.15, 0.2) is 0 Å². The summed E-state index contributed by atoms with van der Waals surface area (Å²) in [6, 6.07) is 41.6. The van der Waals surface area contributed by atoms with Crippen LogP contribution in [-0.4, -0.2) is 31.9 Å². The number of nitrogens with one attached hydrogen (secondary N) is 3. The number of amides is 3. The second kappa shape index (κ2) is 17.5. The van der Waals surface area contributed by atoms with Crippen LogP contribution in [0.1, 0.15) is 26.9 Å². The summed E-state index contributed by atoms with van der Waals surface area (Å²) in [5, 5.41) is 7.99. The second-order valence-electron chi connectivity index (χ2n) is 11.5. The molecule has 6 rings (SSSR count). The number of halogens is 1. The number of carbonyl (C=O) groups is 3. The Labute approximate surface area is 319 Å². The molecule has 9 nitrogen and oxygen atoms in total. The first kappa shape index (κ1) is 36.7. The highest BCUT2D eigenvalue weighted by molar-refractivity contribution is 9.10. The zero-order valence-corrected chi connectivity index (χ0v) is 31.1. The van der Waals surface area contributed by atoms with E-state index in [9.17, 15) is 14.4 Å². The number of benzene rings is 5. The lowest BCUT2D eigenvalue weighted by Crippen LogP contribution is -2.30. The number of anilines is 2. The molecule has 53 heavy (non-hydrogen) atoms. The summed E-state index contributed by atoms with van der Waals surface area (Å²) < 4.78 is 17.8. The molecule has 0 radical (unpaired) electrons. The number of thioether (sulfide) groups is 1. The summed E-state index contributed by atoms with van der Waals surface area (Å²) in [5.41, 5.74) is 3.01. The third kappa shape index (κ3) is 9.65. The van der Waals surface area contributed by atoms with Crippen LogP contribution in [0.4, 0.5) is 11.4 Å². The van der Waals surface area contributed by atoms with Crippen molar-refractivity contribution < 1.29 is 28.3 Å². The SMILES string of the molecule is COc1ccc(OC)c(NC(=O)C(Sc2ccc(NC(=O)C(=Cc3ccc(-c4ccc(Br)cc4)o3)NC(=O)c3ccccc3)cc2)c2ccccc2)c1. The first-order valence-electron chi connectivity index (χ1n) is 16.4. The molecule has 11 heteroatoms. The molecule has 0 aliphatic heterocycles. The molecule has 0 saturated heterocycles.